The summed E-state index contributed by atoms with van der Waals surface area (Å²) in [5, 5.41) is 19.6. The smallest absolute Gasteiger partial charge is 0.508 e. The van der Waals surface area contributed by atoms with E-state index in [-0.39, 0.29) is 33.3 Å². The van der Waals surface area contributed by atoms with Gasteiger partial charge < -0.3 is 24.7 Å². The molecule has 0 fully saturated rings. The van der Waals surface area contributed by atoms with Crippen LogP contribution in [0.5, 0.6) is 23.1 Å². The van der Waals surface area contributed by atoms with Crippen molar-refractivity contribution in [3.05, 3.63) is 45.9 Å². The predicted molar refractivity (Wildman–Crippen MR) is 99.2 cm³/mol. The highest BCUT2D eigenvalue weighted by Gasteiger charge is 2.17. The number of carbonyl (C=O) groups is 1. The molecule has 0 bridgehead atoms. The summed E-state index contributed by atoms with van der Waals surface area (Å²) < 4.78 is 10.4. The number of hydrogen-bond acceptors (Lipinski definition) is 4. The molecule has 0 aliphatic carbocycles. The maximum atomic E-state index is 10.7. The zero-order valence-corrected chi connectivity index (χ0v) is 15.4. The molecule has 6 nitrogen and oxygen atoms in total. The normalized spacial score (nSPS) is 11.1. The summed E-state index contributed by atoms with van der Waals surface area (Å²) in [6.07, 6.45) is -1.44. The van der Waals surface area contributed by atoms with Crippen molar-refractivity contribution in [3.63, 3.8) is 0 Å². The van der Waals surface area contributed by atoms with Gasteiger partial charge in [-0.1, -0.05) is 37.0 Å². The standard InChI is InChI=1S/C18H15Cl2NO5/c1-8(2)10-5-9(3-4-14(10)22)25-17-12(19)7-13-11(16(17)20)6-15(21-13)26-18(23)24/h3-8,21-22H,1-2H3,(H,23,24). The van der Waals surface area contributed by atoms with Crippen LogP contribution in [0.2, 0.25) is 10.0 Å². The average Bonchev–Trinajstić information content (AvgIpc) is 2.94. The minimum atomic E-state index is -1.44. The number of fused-ring (bicyclic) bond motifs is 1. The predicted octanol–water partition coefficient (Wildman–Crippen LogP) is 6.15. The van der Waals surface area contributed by atoms with Gasteiger partial charge in [0.1, 0.15) is 11.5 Å². The number of phenolic OH excluding ortho intramolecular Hbond substituents is 1. The lowest BCUT2D eigenvalue weighted by Crippen LogP contribution is -2.02. The molecule has 3 rings (SSSR count). The van der Waals surface area contributed by atoms with Crippen molar-refractivity contribution in [2.45, 2.75) is 19.8 Å². The van der Waals surface area contributed by atoms with Crippen LogP contribution in [0.15, 0.2) is 30.3 Å². The van der Waals surface area contributed by atoms with Gasteiger partial charge in [-0.2, -0.15) is 0 Å². The first-order chi connectivity index (χ1) is 12.3. The van der Waals surface area contributed by atoms with Crippen LogP contribution in [-0.4, -0.2) is 21.4 Å². The number of aromatic amines is 1. The lowest BCUT2D eigenvalue weighted by atomic mass is 10.0. The van der Waals surface area contributed by atoms with Gasteiger partial charge in [0.15, 0.2) is 5.75 Å². The van der Waals surface area contributed by atoms with E-state index in [4.69, 9.17) is 33.0 Å². The number of benzene rings is 2. The molecule has 0 amide bonds. The van der Waals surface area contributed by atoms with Crippen molar-refractivity contribution in [2.24, 2.45) is 0 Å². The third-order valence-corrected chi connectivity index (χ3v) is 4.44. The molecule has 0 spiro atoms. The molecule has 8 heteroatoms. The molecule has 1 heterocycles. The van der Waals surface area contributed by atoms with Crippen molar-refractivity contribution in [1.82, 2.24) is 4.98 Å². The first kappa shape index (κ1) is 18.2. The molecule has 0 aliphatic rings. The van der Waals surface area contributed by atoms with Gasteiger partial charge in [0.2, 0.25) is 5.88 Å². The van der Waals surface area contributed by atoms with Crippen LogP contribution in [0.1, 0.15) is 25.3 Å². The highest BCUT2D eigenvalue weighted by molar-refractivity contribution is 6.41. The molecule has 3 N–H and O–H groups in total. The molecule has 0 saturated carbocycles. The maximum absolute atomic E-state index is 10.7. The number of nitrogens with one attached hydrogen (secondary N) is 1. The lowest BCUT2D eigenvalue weighted by Gasteiger charge is -2.13. The van der Waals surface area contributed by atoms with E-state index < -0.39 is 6.16 Å². The van der Waals surface area contributed by atoms with Gasteiger partial charge in [-0.25, -0.2) is 4.79 Å². The zero-order chi connectivity index (χ0) is 19.0. The lowest BCUT2D eigenvalue weighted by molar-refractivity contribution is 0.143. The number of rotatable bonds is 4. The van der Waals surface area contributed by atoms with E-state index in [0.29, 0.717) is 16.7 Å². The summed E-state index contributed by atoms with van der Waals surface area (Å²) in [5.41, 5.74) is 1.24. The Kier molecular flexibility index (Phi) is 4.89. The average molecular weight is 396 g/mol. The van der Waals surface area contributed by atoms with E-state index in [1.807, 2.05) is 13.8 Å². The quantitative estimate of drug-likeness (QED) is 0.460. The van der Waals surface area contributed by atoms with Gasteiger partial charge in [-0.05, 0) is 30.2 Å². The van der Waals surface area contributed by atoms with Crippen LogP contribution in [0.25, 0.3) is 10.9 Å². The van der Waals surface area contributed by atoms with Crippen LogP contribution in [-0.2, 0) is 0 Å². The summed E-state index contributed by atoms with van der Waals surface area (Å²) >= 11 is 12.7. The molecule has 0 atom stereocenters. The Morgan fingerprint density at radius 3 is 2.58 bits per heavy atom. The first-order valence-corrected chi connectivity index (χ1v) is 8.44. The molecule has 136 valence electrons. The van der Waals surface area contributed by atoms with Gasteiger partial charge >= 0.3 is 6.16 Å². The van der Waals surface area contributed by atoms with Crippen LogP contribution >= 0.6 is 23.2 Å². The van der Waals surface area contributed by atoms with Gasteiger partial charge in [-0.15, -0.1) is 0 Å². The van der Waals surface area contributed by atoms with Gasteiger partial charge in [0.05, 0.1) is 15.6 Å². The summed E-state index contributed by atoms with van der Waals surface area (Å²) in [5.74, 6) is 0.997. The number of aromatic nitrogens is 1. The fourth-order valence-electron chi connectivity index (χ4n) is 2.58. The molecule has 0 saturated heterocycles. The summed E-state index contributed by atoms with van der Waals surface area (Å²) in [4.78, 5) is 13.4. The number of ether oxygens (including phenoxy) is 2. The van der Waals surface area contributed by atoms with Crippen molar-refractivity contribution in [2.75, 3.05) is 0 Å². The fourth-order valence-corrected chi connectivity index (χ4v) is 3.17. The van der Waals surface area contributed by atoms with Crippen LogP contribution in [0.3, 0.4) is 0 Å². The number of hydrogen-bond donors (Lipinski definition) is 3. The molecular weight excluding hydrogens is 381 g/mol. The van der Waals surface area contributed by atoms with E-state index in [2.05, 4.69) is 9.72 Å². The van der Waals surface area contributed by atoms with Crippen LogP contribution in [0.4, 0.5) is 4.79 Å². The molecule has 0 aliphatic heterocycles. The van der Waals surface area contributed by atoms with Gasteiger partial charge in [-0.3, -0.25) is 0 Å². The third kappa shape index (κ3) is 3.52. The van der Waals surface area contributed by atoms with E-state index in [0.717, 1.165) is 5.56 Å². The molecule has 0 unspecified atom stereocenters. The number of aromatic hydroxyl groups is 1. The minimum absolute atomic E-state index is 0.0225. The van der Waals surface area contributed by atoms with Gasteiger partial charge in [0.25, 0.3) is 0 Å². The number of phenols is 1. The zero-order valence-electron chi connectivity index (χ0n) is 13.8. The SMILES string of the molecule is CC(C)c1cc(Oc2c(Cl)cc3[nH]c(OC(=O)O)cc3c2Cl)ccc1O. The second-order valence-corrected chi connectivity index (χ2v) is 6.73. The highest BCUT2D eigenvalue weighted by Crippen LogP contribution is 2.43. The van der Waals surface area contributed by atoms with Crippen molar-refractivity contribution in [1.29, 1.82) is 0 Å². The maximum Gasteiger partial charge on any atom is 0.512 e. The Hall–Kier alpha value is -2.57. The third-order valence-electron chi connectivity index (χ3n) is 3.79. The van der Waals surface area contributed by atoms with E-state index in [1.165, 1.54) is 6.07 Å². The second-order valence-electron chi connectivity index (χ2n) is 5.94. The highest BCUT2D eigenvalue weighted by atomic mass is 35.5. The summed E-state index contributed by atoms with van der Waals surface area (Å²) in [6, 6.07) is 7.88. The Labute approximate surface area is 158 Å². The van der Waals surface area contributed by atoms with E-state index >= 15 is 0 Å². The number of halogens is 2. The van der Waals surface area contributed by atoms with Gasteiger partial charge in [0, 0.05) is 17.0 Å². The van der Waals surface area contributed by atoms with Crippen LogP contribution in [0, 0.1) is 0 Å². The summed E-state index contributed by atoms with van der Waals surface area (Å²) in [6.45, 7) is 3.91. The summed E-state index contributed by atoms with van der Waals surface area (Å²) in [7, 11) is 0. The Balaban J connectivity index is 2.02. The molecule has 2 aromatic carbocycles. The molecule has 3 aromatic rings. The molecule has 26 heavy (non-hydrogen) atoms. The minimum Gasteiger partial charge on any atom is -0.508 e. The first-order valence-electron chi connectivity index (χ1n) is 7.68. The molecule has 0 radical (unpaired) electrons. The molecule has 1 aromatic heterocycles. The van der Waals surface area contributed by atoms with Crippen LogP contribution < -0.4 is 9.47 Å². The Morgan fingerprint density at radius 1 is 1.19 bits per heavy atom. The number of H-pyrrole nitrogens is 1. The van der Waals surface area contributed by atoms with Crippen molar-refractivity contribution >= 4 is 40.3 Å². The monoisotopic (exact) mass is 395 g/mol. The Morgan fingerprint density at radius 2 is 1.92 bits per heavy atom. The van der Waals surface area contributed by atoms with E-state index in [1.54, 1.807) is 24.3 Å². The number of carboxylic acid groups (broad SMARTS) is 1. The fraction of sp³-hybridized carbons (Fsp3) is 0.167. The van der Waals surface area contributed by atoms with Crippen molar-refractivity contribution in [3.8, 4) is 23.1 Å². The Bertz CT molecular complexity index is 997. The van der Waals surface area contributed by atoms with Crippen molar-refractivity contribution < 1.29 is 24.5 Å². The largest absolute Gasteiger partial charge is 0.512 e. The second kappa shape index (κ2) is 6.97. The topological polar surface area (TPSA) is 91.8 Å². The van der Waals surface area contributed by atoms with E-state index in [9.17, 15) is 9.90 Å². The molecular formula is C18H15Cl2NO5.